The lowest BCUT2D eigenvalue weighted by atomic mass is 10.2. The highest BCUT2D eigenvalue weighted by Gasteiger charge is 2.14. The lowest BCUT2D eigenvalue weighted by Crippen LogP contribution is -2.27. The monoisotopic (exact) mass is 282 g/mol. The van der Waals surface area contributed by atoms with Crippen molar-refractivity contribution >= 4 is 11.9 Å². The average Bonchev–Trinajstić information content (AvgIpc) is 2.53. The van der Waals surface area contributed by atoms with Gasteiger partial charge in [0.25, 0.3) is 5.91 Å². The van der Waals surface area contributed by atoms with Gasteiger partial charge in [0, 0.05) is 26.3 Å². The molecule has 0 bridgehead atoms. The third-order valence-electron chi connectivity index (χ3n) is 2.89. The summed E-state index contributed by atoms with van der Waals surface area (Å²) in [5.74, 6) is 0.289. The molecule has 1 amide bonds. The molecular formula is C16H18N4O. The van der Waals surface area contributed by atoms with Gasteiger partial charge < -0.3 is 10.2 Å². The van der Waals surface area contributed by atoms with E-state index < -0.39 is 0 Å². The van der Waals surface area contributed by atoms with Crippen LogP contribution in [0.4, 0.5) is 5.95 Å². The van der Waals surface area contributed by atoms with Gasteiger partial charge in [-0.05, 0) is 11.6 Å². The van der Waals surface area contributed by atoms with E-state index >= 15 is 0 Å². The summed E-state index contributed by atoms with van der Waals surface area (Å²) in [5, 5.41) is 2.97. The molecule has 5 nitrogen and oxygen atoms in total. The van der Waals surface area contributed by atoms with Gasteiger partial charge in [-0.15, -0.1) is 6.58 Å². The lowest BCUT2D eigenvalue weighted by molar-refractivity contribution is 0.0779. The Hall–Kier alpha value is -2.69. The summed E-state index contributed by atoms with van der Waals surface area (Å²) in [6, 6.07) is 11.4. The van der Waals surface area contributed by atoms with Crippen LogP contribution < -0.4 is 5.32 Å². The summed E-state index contributed by atoms with van der Waals surface area (Å²) in [5.41, 5.74) is 1.45. The van der Waals surface area contributed by atoms with Crippen LogP contribution in [-0.4, -0.2) is 34.4 Å². The van der Waals surface area contributed by atoms with E-state index in [9.17, 15) is 4.79 Å². The van der Waals surface area contributed by atoms with Crippen molar-refractivity contribution in [1.29, 1.82) is 0 Å². The van der Waals surface area contributed by atoms with Gasteiger partial charge in [-0.1, -0.05) is 36.4 Å². The van der Waals surface area contributed by atoms with Crippen LogP contribution in [0.2, 0.25) is 0 Å². The molecule has 1 N–H and O–H groups in total. The third-order valence-corrected chi connectivity index (χ3v) is 2.89. The summed E-state index contributed by atoms with van der Waals surface area (Å²) in [6.07, 6.45) is 3.28. The Labute approximate surface area is 124 Å². The first-order valence-electron chi connectivity index (χ1n) is 6.68. The summed E-state index contributed by atoms with van der Waals surface area (Å²) >= 11 is 0. The maximum absolute atomic E-state index is 12.4. The number of amides is 1. The van der Waals surface area contributed by atoms with E-state index in [-0.39, 0.29) is 5.91 Å². The fourth-order valence-corrected chi connectivity index (χ4v) is 1.85. The Morgan fingerprint density at radius 3 is 2.81 bits per heavy atom. The maximum Gasteiger partial charge on any atom is 0.272 e. The molecule has 0 fully saturated rings. The molecular weight excluding hydrogens is 264 g/mol. The van der Waals surface area contributed by atoms with Gasteiger partial charge in [0.05, 0.1) is 0 Å². The molecule has 0 aliphatic heterocycles. The van der Waals surface area contributed by atoms with Crippen LogP contribution in [0.3, 0.4) is 0 Å². The van der Waals surface area contributed by atoms with E-state index in [2.05, 4.69) is 21.9 Å². The first-order valence-corrected chi connectivity index (χ1v) is 6.68. The van der Waals surface area contributed by atoms with E-state index in [1.807, 2.05) is 30.3 Å². The van der Waals surface area contributed by atoms with Gasteiger partial charge in [0.15, 0.2) is 0 Å². The number of benzene rings is 1. The SMILES string of the molecule is C=CCNc1nccc(C(=O)N(C)Cc2ccccc2)n1. The Kier molecular flexibility index (Phi) is 5.04. The quantitative estimate of drug-likeness (QED) is 0.826. The zero-order valence-corrected chi connectivity index (χ0v) is 12.0. The van der Waals surface area contributed by atoms with E-state index in [0.29, 0.717) is 24.7 Å². The highest BCUT2D eigenvalue weighted by atomic mass is 16.2. The molecule has 0 atom stereocenters. The van der Waals surface area contributed by atoms with Crippen LogP contribution in [0.25, 0.3) is 0 Å². The molecule has 1 aromatic heterocycles. The summed E-state index contributed by atoms with van der Waals surface area (Å²) < 4.78 is 0. The van der Waals surface area contributed by atoms with Crippen molar-refractivity contribution in [2.24, 2.45) is 0 Å². The van der Waals surface area contributed by atoms with Crippen LogP contribution in [0.1, 0.15) is 16.1 Å². The van der Waals surface area contributed by atoms with Crippen molar-refractivity contribution in [2.75, 3.05) is 18.9 Å². The Balaban J connectivity index is 2.06. The maximum atomic E-state index is 12.4. The largest absolute Gasteiger partial charge is 0.351 e. The van der Waals surface area contributed by atoms with Gasteiger partial charge in [-0.3, -0.25) is 4.79 Å². The van der Waals surface area contributed by atoms with Crippen molar-refractivity contribution in [3.63, 3.8) is 0 Å². The summed E-state index contributed by atoms with van der Waals surface area (Å²) in [6.45, 7) is 4.71. The molecule has 1 aromatic carbocycles. The molecule has 21 heavy (non-hydrogen) atoms. The topological polar surface area (TPSA) is 58.1 Å². The van der Waals surface area contributed by atoms with Gasteiger partial charge >= 0.3 is 0 Å². The summed E-state index contributed by atoms with van der Waals surface area (Å²) in [7, 11) is 1.76. The normalized spacial score (nSPS) is 9.95. The van der Waals surface area contributed by atoms with Gasteiger partial charge in [-0.2, -0.15) is 0 Å². The molecule has 0 saturated heterocycles. The number of hydrogen-bond donors (Lipinski definition) is 1. The minimum Gasteiger partial charge on any atom is -0.351 e. The first kappa shape index (κ1) is 14.7. The van der Waals surface area contributed by atoms with Crippen LogP contribution in [0.15, 0.2) is 55.3 Å². The number of anilines is 1. The van der Waals surface area contributed by atoms with E-state index in [0.717, 1.165) is 5.56 Å². The smallest absolute Gasteiger partial charge is 0.272 e. The van der Waals surface area contributed by atoms with Gasteiger partial charge in [-0.25, -0.2) is 9.97 Å². The highest BCUT2D eigenvalue weighted by molar-refractivity contribution is 5.92. The van der Waals surface area contributed by atoms with Crippen LogP contribution in [0.5, 0.6) is 0 Å². The van der Waals surface area contributed by atoms with E-state index in [1.54, 1.807) is 30.3 Å². The van der Waals surface area contributed by atoms with E-state index in [4.69, 9.17) is 0 Å². The zero-order valence-electron chi connectivity index (χ0n) is 12.0. The number of carbonyl (C=O) groups is 1. The highest BCUT2D eigenvalue weighted by Crippen LogP contribution is 2.08. The fourth-order valence-electron chi connectivity index (χ4n) is 1.85. The number of hydrogen-bond acceptors (Lipinski definition) is 4. The van der Waals surface area contributed by atoms with Crippen LogP contribution >= 0.6 is 0 Å². The molecule has 0 aliphatic carbocycles. The minimum absolute atomic E-state index is 0.136. The van der Waals surface area contributed by atoms with Crippen molar-refractivity contribution in [1.82, 2.24) is 14.9 Å². The molecule has 0 aliphatic rings. The predicted octanol–water partition coefficient (Wildman–Crippen LogP) is 2.35. The molecule has 5 heteroatoms. The molecule has 2 aromatic rings. The first-order chi connectivity index (χ1) is 10.2. The molecule has 2 rings (SSSR count). The molecule has 0 radical (unpaired) electrons. The van der Waals surface area contributed by atoms with Gasteiger partial charge in [0.1, 0.15) is 5.69 Å². The Bertz CT molecular complexity index is 613. The second-order valence-electron chi connectivity index (χ2n) is 4.58. The third kappa shape index (κ3) is 4.14. The molecule has 0 spiro atoms. The second-order valence-corrected chi connectivity index (χ2v) is 4.58. The fraction of sp³-hybridized carbons (Fsp3) is 0.188. The summed E-state index contributed by atoms with van der Waals surface area (Å²) in [4.78, 5) is 22.3. The van der Waals surface area contributed by atoms with Crippen LogP contribution in [-0.2, 0) is 6.54 Å². The van der Waals surface area contributed by atoms with Crippen LogP contribution in [0, 0.1) is 0 Å². The van der Waals surface area contributed by atoms with Crippen molar-refractivity contribution in [3.8, 4) is 0 Å². The molecule has 1 heterocycles. The van der Waals surface area contributed by atoms with Crippen molar-refractivity contribution < 1.29 is 4.79 Å². The number of nitrogens with zero attached hydrogens (tertiary/aromatic N) is 3. The number of rotatable bonds is 6. The zero-order chi connectivity index (χ0) is 15.1. The number of aromatic nitrogens is 2. The molecule has 0 unspecified atom stereocenters. The average molecular weight is 282 g/mol. The van der Waals surface area contributed by atoms with Crippen molar-refractivity contribution in [3.05, 3.63) is 66.5 Å². The second kappa shape index (κ2) is 7.19. The molecule has 108 valence electrons. The predicted molar refractivity (Wildman–Crippen MR) is 83.0 cm³/mol. The molecule has 0 saturated carbocycles. The Morgan fingerprint density at radius 1 is 1.33 bits per heavy atom. The van der Waals surface area contributed by atoms with Crippen molar-refractivity contribution in [2.45, 2.75) is 6.54 Å². The van der Waals surface area contributed by atoms with Gasteiger partial charge in [0.2, 0.25) is 5.95 Å². The Morgan fingerprint density at radius 2 is 2.10 bits per heavy atom. The lowest BCUT2D eigenvalue weighted by Gasteiger charge is -2.17. The number of carbonyl (C=O) groups excluding carboxylic acids is 1. The van der Waals surface area contributed by atoms with E-state index in [1.165, 1.54) is 0 Å². The minimum atomic E-state index is -0.136. The number of nitrogens with one attached hydrogen (secondary N) is 1. The standard InChI is InChI=1S/C16H18N4O/c1-3-10-17-16-18-11-9-14(19-16)15(21)20(2)12-13-7-5-4-6-8-13/h3-9,11H,1,10,12H2,2H3,(H,17,18,19).